The zero-order valence-electron chi connectivity index (χ0n) is 13.2. The Balaban J connectivity index is 1.60. The number of hydrogen-bond acceptors (Lipinski definition) is 6. The van der Waals surface area contributed by atoms with Gasteiger partial charge in [-0.05, 0) is 55.2 Å². The summed E-state index contributed by atoms with van der Waals surface area (Å²) in [6.07, 6.45) is 4.27. The number of H-pyrrole nitrogens is 1. The molecule has 1 aliphatic rings. The average Bonchev–Trinajstić information content (AvgIpc) is 3.15. The molecule has 0 saturated carbocycles. The van der Waals surface area contributed by atoms with Crippen LogP contribution in [0.3, 0.4) is 0 Å². The standard InChI is InChI=1S/C17H16N2O3S2/c1-9-6-7-23-14(9)17(21)22-8-12-18-15(20)13-10-4-2-3-5-11(10)24-16(13)19-12/h6-7H,2-5,8H2,1H3,(H,18,19,20). The topological polar surface area (TPSA) is 72.0 Å². The van der Waals surface area contributed by atoms with Crippen molar-refractivity contribution < 1.29 is 9.53 Å². The van der Waals surface area contributed by atoms with Crippen LogP contribution in [-0.4, -0.2) is 15.9 Å². The number of hydrogen-bond donors (Lipinski definition) is 1. The zero-order chi connectivity index (χ0) is 16.7. The number of nitrogens with zero attached hydrogens (tertiary/aromatic N) is 1. The van der Waals surface area contributed by atoms with E-state index in [-0.39, 0.29) is 18.1 Å². The molecule has 3 aromatic heterocycles. The van der Waals surface area contributed by atoms with Gasteiger partial charge in [0.05, 0.1) is 5.39 Å². The second-order valence-electron chi connectivity index (χ2n) is 5.91. The second kappa shape index (κ2) is 6.14. The number of aryl methyl sites for hydroxylation is 3. The van der Waals surface area contributed by atoms with Crippen LogP contribution in [0.2, 0.25) is 0 Å². The minimum atomic E-state index is -0.379. The highest BCUT2D eigenvalue weighted by molar-refractivity contribution is 7.18. The summed E-state index contributed by atoms with van der Waals surface area (Å²) >= 11 is 2.94. The van der Waals surface area contributed by atoms with Gasteiger partial charge in [-0.15, -0.1) is 22.7 Å². The van der Waals surface area contributed by atoms with Crippen LogP contribution in [0.15, 0.2) is 16.2 Å². The lowest BCUT2D eigenvalue weighted by molar-refractivity contribution is 0.0467. The molecule has 0 spiro atoms. The van der Waals surface area contributed by atoms with Gasteiger partial charge in [-0.1, -0.05) is 0 Å². The Hall–Kier alpha value is -1.99. The SMILES string of the molecule is Cc1ccsc1C(=O)OCc1nc2sc3c(c2c(=O)[nH]1)CCCC3. The number of aromatic amines is 1. The van der Waals surface area contributed by atoms with E-state index < -0.39 is 0 Å². The summed E-state index contributed by atoms with van der Waals surface area (Å²) < 4.78 is 5.30. The number of aromatic nitrogens is 2. The van der Waals surface area contributed by atoms with Gasteiger partial charge in [0.1, 0.15) is 22.1 Å². The van der Waals surface area contributed by atoms with E-state index in [1.807, 2.05) is 18.4 Å². The lowest BCUT2D eigenvalue weighted by Crippen LogP contribution is -2.15. The Morgan fingerprint density at radius 1 is 1.38 bits per heavy atom. The summed E-state index contributed by atoms with van der Waals surface area (Å²) in [7, 11) is 0. The van der Waals surface area contributed by atoms with E-state index in [2.05, 4.69) is 9.97 Å². The van der Waals surface area contributed by atoms with Gasteiger partial charge in [-0.25, -0.2) is 9.78 Å². The predicted octanol–water partition coefficient (Wildman–Crippen LogP) is 3.59. The first-order chi connectivity index (χ1) is 11.6. The van der Waals surface area contributed by atoms with Crippen molar-refractivity contribution in [2.75, 3.05) is 0 Å². The lowest BCUT2D eigenvalue weighted by atomic mass is 9.97. The van der Waals surface area contributed by atoms with Gasteiger partial charge in [-0.3, -0.25) is 4.79 Å². The van der Waals surface area contributed by atoms with Crippen LogP contribution < -0.4 is 5.56 Å². The molecule has 0 aliphatic heterocycles. The van der Waals surface area contributed by atoms with Gasteiger partial charge in [-0.2, -0.15) is 0 Å². The van der Waals surface area contributed by atoms with Crippen molar-refractivity contribution in [3.8, 4) is 0 Å². The Kier molecular flexibility index (Phi) is 3.97. The smallest absolute Gasteiger partial charge is 0.349 e. The molecule has 0 bridgehead atoms. The molecule has 0 amide bonds. The Morgan fingerprint density at radius 2 is 2.21 bits per heavy atom. The van der Waals surface area contributed by atoms with Crippen LogP contribution in [0.25, 0.3) is 10.2 Å². The molecule has 124 valence electrons. The molecule has 1 N–H and O–H groups in total. The van der Waals surface area contributed by atoms with E-state index in [9.17, 15) is 9.59 Å². The maximum absolute atomic E-state index is 12.4. The number of rotatable bonds is 3. The quantitative estimate of drug-likeness (QED) is 0.725. The molecule has 0 saturated heterocycles. The number of thiophene rings is 2. The highest BCUT2D eigenvalue weighted by atomic mass is 32.1. The van der Waals surface area contributed by atoms with Gasteiger partial charge >= 0.3 is 5.97 Å². The van der Waals surface area contributed by atoms with E-state index in [4.69, 9.17) is 4.74 Å². The summed E-state index contributed by atoms with van der Waals surface area (Å²) in [5.41, 5.74) is 1.93. The van der Waals surface area contributed by atoms with Crippen LogP contribution in [-0.2, 0) is 24.2 Å². The predicted molar refractivity (Wildman–Crippen MR) is 95.1 cm³/mol. The first-order valence-corrected chi connectivity index (χ1v) is 9.58. The van der Waals surface area contributed by atoms with Crippen molar-refractivity contribution in [1.82, 2.24) is 9.97 Å². The molecular weight excluding hydrogens is 344 g/mol. The van der Waals surface area contributed by atoms with Gasteiger partial charge < -0.3 is 9.72 Å². The molecule has 1 aliphatic carbocycles. The third-order valence-corrected chi connectivity index (χ3v) is 6.44. The molecule has 3 aromatic rings. The highest BCUT2D eigenvalue weighted by Crippen LogP contribution is 2.33. The molecule has 0 unspecified atom stereocenters. The highest BCUT2D eigenvalue weighted by Gasteiger charge is 2.20. The third-order valence-electron chi connectivity index (χ3n) is 4.26. The van der Waals surface area contributed by atoms with Crippen LogP contribution in [0.5, 0.6) is 0 Å². The summed E-state index contributed by atoms with van der Waals surface area (Å²) in [5, 5.41) is 2.58. The van der Waals surface area contributed by atoms with E-state index in [1.165, 1.54) is 22.6 Å². The van der Waals surface area contributed by atoms with Crippen molar-refractivity contribution in [1.29, 1.82) is 0 Å². The maximum Gasteiger partial charge on any atom is 0.349 e. The number of ether oxygens (including phenoxy) is 1. The Labute approximate surface area is 146 Å². The molecule has 0 atom stereocenters. The van der Waals surface area contributed by atoms with E-state index in [0.29, 0.717) is 10.7 Å². The molecule has 4 rings (SSSR count). The lowest BCUT2D eigenvalue weighted by Gasteiger charge is -2.09. The number of carbonyl (C=O) groups is 1. The fourth-order valence-corrected chi connectivity index (χ4v) is 5.16. The summed E-state index contributed by atoms with van der Waals surface area (Å²) in [4.78, 5) is 34.4. The van der Waals surface area contributed by atoms with Gasteiger partial charge in [0, 0.05) is 4.88 Å². The minimum absolute atomic E-state index is 0.0239. The molecule has 3 heterocycles. The molecule has 0 fully saturated rings. The first kappa shape index (κ1) is 15.5. The minimum Gasteiger partial charge on any atom is -0.453 e. The number of fused-ring (bicyclic) bond motifs is 3. The fraction of sp³-hybridized carbons (Fsp3) is 0.353. The van der Waals surface area contributed by atoms with Crippen molar-refractivity contribution in [2.45, 2.75) is 39.2 Å². The average molecular weight is 360 g/mol. The van der Waals surface area contributed by atoms with E-state index in [0.717, 1.165) is 40.6 Å². The first-order valence-electron chi connectivity index (χ1n) is 7.88. The monoisotopic (exact) mass is 360 g/mol. The summed E-state index contributed by atoms with van der Waals surface area (Å²) in [6, 6.07) is 1.88. The van der Waals surface area contributed by atoms with E-state index in [1.54, 1.807) is 11.3 Å². The number of esters is 1. The number of nitrogens with one attached hydrogen (secondary N) is 1. The molecule has 5 nitrogen and oxygen atoms in total. The van der Waals surface area contributed by atoms with E-state index >= 15 is 0 Å². The maximum atomic E-state index is 12.4. The third kappa shape index (κ3) is 2.67. The van der Waals surface area contributed by atoms with Crippen LogP contribution >= 0.6 is 22.7 Å². The molecular formula is C17H16N2O3S2. The van der Waals surface area contributed by atoms with Gasteiger partial charge in [0.25, 0.3) is 5.56 Å². The largest absolute Gasteiger partial charge is 0.453 e. The Morgan fingerprint density at radius 3 is 3.00 bits per heavy atom. The van der Waals surface area contributed by atoms with Crippen LogP contribution in [0, 0.1) is 6.92 Å². The van der Waals surface area contributed by atoms with Crippen molar-refractivity contribution in [3.05, 3.63) is 48.5 Å². The molecule has 0 aromatic carbocycles. The molecule has 7 heteroatoms. The zero-order valence-corrected chi connectivity index (χ0v) is 14.8. The van der Waals surface area contributed by atoms with Crippen LogP contribution in [0.4, 0.5) is 0 Å². The van der Waals surface area contributed by atoms with Gasteiger partial charge in [0.15, 0.2) is 0 Å². The van der Waals surface area contributed by atoms with Crippen LogP contribution in [0.1, 0.15) is 44.3 Å². The number of carbonyl (C=O) groups excluding carboxylic acids is 1. The molecule has 24 heavy (non-hydrogen) atoms. The van der Waals surface area contributed by atoms with Crippen molar-refractivity contribution in [2.24, 2.45) is 0 Å². The second-order valence-corrected chi connectivity index (χ2v) is 7.91. The Bertz CT molecular complexity index is 984. The summed E-state index contributed by atoms with van der Waals surface area (Å²) in [6.45, 7) is 1.85. The van der Waals surface area contributed by atoms with Gasteiger partial charge in [0.2, 0.25) is 0 Å². The molecule has 0 radical (unpaired) electrons. The van der Waals surface area contributed by atoms with Crippen molar-refractivity contribution in [3.63, 3.8) is 0 Å². The fourth-order valence-electron chi connectivity index (χ4n) is 3.06. The van der Waals surface area contributed by atoms with Crippen molar-refractivity contribution >= 4 is 38.9 Å². The normalized spacial score (nSPS) is 13.9. The summed E-state index contributed by atoms with van der Waals surface area (Å²) in [5.74, 6) is 0.0179.